The van der Waals surface area contributed by atoms with Gasteiger partial charge in [0, 0.05) is 37.3 Å². The summed E-state index contributed by atoms with van der Waals surface area (Å²) in [5.41, 5.74) is 1.07. The first kappa shape index (κ1) is 22.0. The van der Waals surface area contributed by atoms with Gasteiger partial charge in [0.05, 0.1) is 4.92 Å². The molecule has 2 fully saturated rings. The molecule has 28 heavy (non-hydrogen) atoms. The highest BCUT2D eigenvalue weighted by atomic mass is 35.5. The van der Waals surface area contributed by atoms with Gasteiger partial charge < -0.3 is 9.80 Å². The Hall–Kier alpha value is -2.29. The Morgan fingerprint density at radius 1 is 1.39 bits per heavy atom. The SMILES string of the molecule is N#CN=C1SCCN1Cc1ccc(Cl)nc1.O=CN1CCCS/C1=C\[N+](=O)[O-]. The number of carbonyl (C=O) groups is 1. The summed E-state index contributed by atoms with van der Waals surface area (Å²) in [6.45, 7) is 2.21. The smallest absolute Gasteiger partial charge is 0.264 e. The quantitative estimate of drug-likeness (QED) is 0.231. The highest BCUT2D eigenvalue weighted by Crippen LogP contribution is 2.25. The molecular formula is C16H17ClN6O3S2. The van der Waals surface area contributed by atoms with Crippen molar-refractivity contribution in [3.05, 3.63) is 50.4 Å². The zero-order valence-electron chi connectivity index (χ0n) is 14.7. The van der Waals surface area contributed by atoms with E-state index in [1.54, 1.807) is 24.0 Å². The number of amidine groups is 1. The van der Waals surface area contributed by atoms with Gasteiger partial charge in [-0.1, -0.05) is 29.4 Å². The van der Waals surface area contributed by atoms with Crippen LogP contribution in [0.3, 0.4) is 0 Å². The van der Waals surface area contributed by atoms with E-state index in [0.29, 0.717) is 23.1 Å². The third-order valence-electron chi connectivity index (χ3n) is 3.59. The Kier molecular flexibility index (Phi) is 9.06. The number of carbonyl (C=O) groups excluding carboxylic acids is 1. The Morgan fingerprint density at radius 2 is 2.21 bits per heavy atom. The molecule has 0 aliphatic carbocycles. The number of aromatic nitrogens is 1. The lowest BCUT2D eigenvalue weighted by atomic mass is 10.3. The number of rotatable bonds is 4. The number of nitriles is 1. The molecule has 1 aromatic rings. The van der Waals surface area contributed by atoms with Gasteiger partial charge in [-0.25, -0.2) is 4.98 Å². The van der Waals surface area contributed by atoms with Crippen LogP contribution in [0.15, 0.2) is 34.6 Å². The van der Waals surface area contributed by atoms with E-state index in [0.717, 1.165) is 47.9 Å². The van der Waals surface area contributed by atoms with Gasteiger partial charge in [0.1, 0.15) is 10.2 Å². The number of nitrogens with zero attached hydrogens (tertiary/aromatic N) is 6. The molecule has 0 spiro atoms. The Bertz CT molecular complexity index is 797. The molecule has 0 N–H and O–H groups in total. The second-order valence-corrected chi connectivity index (χ2v) is 8.07. The first-order valence-electron chi connectivity index (χ1n) is 8.18. The van der Waals surface area contributed by atoms with Crippen LogP contribution < -0.4 is 0 Å². The van der Waals surface area contributed by atoms with Gasteiger partial charge in [-0.3, -0.25) is 14.9 Å². The maximum atomic E-state index is 10.4. The second-order valence-electron chi connectivity index (χ2n) is 5.51. The minimum Gasteiger partial charge on any atom is -0.345 e. The number of aliphatic imine (C=N–C) groups is 1. The fraction of sp³-hybridized carbons (Fsp3) is 0.375. The minimum absolute atomic E-state index is 0.432. The molecule has 12 heteroatoms. The summed E-state index contributed by atoms with van der Waals surface area (Å²) in [4.78, 5) is 31.2. The standard InChI is InChI=1S/C10H9ClN4S.C6H8N2O3S/c11-9-2-1-8(5-13-9)6-15-3-4-16-10(15)14-7-12;9-5-7-2-1-3-12-6(7)4-8(10)11/h1-2,5H,3-4,6H2;4-5H,1-3H2/b;6-4-. The maximum Gasteiger partial charge on any atom is 0.264 e. The van der Waals surface area contributed by atoms with E-state index in [9.17, 15) is 14.9 Å². The molecule has 0 saturated carbocycles. The van der Waals surface area contributed by atoms with Crippen molar-refractivity contribution < 1.29 is 9.72 Å². The third-order valence-corrected chi connectivity index (χ3v) is 5.94. The maximum absolute atomic E-state index is 10.4. The number of nitro groups is 1. The van der Waals surface area contributed by atoms with Crippen LogP contribution in [0.25, 0.3) is 0 Å². The van der Waals surface area contributed by atoms with E-state index in [2.05, 4.69) is 14.9 Å². The van der Waals surface area contributed by atoms with Gasteiger partial charge in [0.2, 0.25) is 12.6 Å². The second kappa shape index (κ2) is 11.5. The first-order valence-corrected chi connectivity index (χ1v) is 10.5. The summed E-state index contributed by atoms with van der Waals surface area (Å²) in [7, 11) is 0. The van der Waals surface area contributed by atoms with Crippen LogP contribution in [0.5, 0.6) is 0 Å². The summed E-state index contributed by atoms with van der Waals surface area (Å²) >= 11 is 8.65. The van der Waals surface area contributed by atoms with Gasteiger partial charge in [-0.15, -0.1) is 16.8 Å². The zero-order chi connectivity index (χ0) is 20.4. The van der Waals surface area contributed by atoms with Crippen molar-refractivity contribution in [1.82, 2.24) is 14.8 Å². The van der Waals surface area contributed by atoms with Crippen molar-refractivity contribution in [2.75, 3.05) is 24.6 Å². The molecule has 9 nitrogen and oxygen atoms in total. The molecule has 1 aromatic heterocycles. The lowest BCUT2D eigenvalue weighted by molar-refractivity contribution is -0.403. The highest BCUT2D eigenvalue weighted by molar-refractivity contribution is 8.14. The average molecular weight is 441 g/mol. The molecule has 2 saturated heterocycles. The first-order chi connectivity index (χ1) is 13.5. The number of hydrogen-bond donors (Lipinski definition) is 0. The van der Waals surface area contributed by atoms with Gasteiger partial charge in [-0.2, -0.15) is 5.26 Å². The molecule has 0 bridgehead atoms. The molecule has 0 radical (unpaired) electrons. The molecule has 1 amide bonds. The Balaban J connectivity index is 0.000000209. The lowest BCUT2D eigenvalue weighted by Crippen LogP contribution is -2.25. The molecule has 0 aromatic carbocycles. The summed E-state index contributed by atoms with van der Waals surface area (Å²) in [6.07, 6.45) is 5.96. The fourth-order valence-electron chi connectivity index (χ4n) is 2.36. The van der Waals surface area contributed by atoms with E-state index in [-0.39, 0.29) is 0 Å². The van der Waals surface area contributed by atoms with Crippen molar-refractivity contribution in [3.8, 4) is 6.19 Å². The van der Waals surface area contributed by atoms with E-state index >= 15 is 0 Å². The van der Waals surface area contributed by atoms with Crippen LogP contribution in [0.2, 0.25) is 5.15 Å². The molecule has 3 heterocycles. The number of thioether (sulfide) groups is 2. The summed E-state index contributed by atoms with van der Waals surface area (Å²) in [6, 6.07) is 3.70. The largest absolute Gasteiger partial charge is 0.345 e. The molecule has 2 aliphatic heterocycles. The third kappa shape index (κ3) is 7.03. The number of pyridine rings is 1. The molecule has 0 unspecified atom stereocenters. The van der Waals surface area contributed by atoms with Crippen LogP contribution in [0.4, 0.5) is 0 Å². The van der Waals surface area contributed by atoms with Crippen LogP contribution >= 0.6 is 35.1 Å². The minimum atomic E-state index is -0.538. The van der Waals surface area contributed by atoms with Crippen molar-refractivity contribution in [3.63, 3.8) is 0 Å². The molecule has 148 valence electrons. The van der Waals surface area contributed by atoms with Crippen LogP contribution in [-0.2, 0) is 11.3 Å². The monoisotopic (exact) mass is 440 g/mol. The van der Waals surface area contributed by atoms with Crippen molar-refractivity contribution in [1.29, 1.82) is 5.26 Å². The molecule has 3 rings (SSSR count). The predicted octanol–water partition coefficient (Wildman–Crippen LogP) is 2.78. The molecule has 0 atom stereocenters. The lowest BCUT2D eigenvalue weighted by Gasteiger charge is -2.22. The summed E-state index contributed by atoms with van der Waals surface area (Å²) in [5.74, 6) is 1.81. The van der Waals surface area contributed by atoms with Crippen LogP contribution in [0.1, 0.15) is 12.0 Å². The van der Waals surface area contributed by atoms with E-state index in [1.165, 1.54) is 16.7 Å². The number of amides is 1. The summed E-state index contributed by atoms with van der Waals surface area (Å²) in [5, 5.41) is 20.4. The number of hydrogen-bond acceptors (Lipinski definition) is 8. The van der Waals surface area contributed by atoms with Crippen molar-refractivity contribution >= 4 is 46.7 Å². The van der Waals surface area contributed by atoms with Crippen molar-refractivity contribution in [2.24, 2.45) is 4.99 Å². The van der Waals surface area contributed by atoms with E-state index < -0.39 is 4.92 Å². The topological polar surface area (TPSA) is 116 Å². The zero-order valence-corrected chi connectivity index (χ0v) is 17.1. The van der Waals surface area contributed by atoms with Crippen LogP contribution in [-0.4, -0.2) is 55.9 Å². The fourth-order valence-corrected chi connectivity index (χ4v) is 4.35. The van der Waals surface area contributed by atoms with E-state index in [4.69, 9.17) is 16.9 Å². The summed E-state index contributed by atoms with van der Waals surface area (Å²) < 4.78 is 0. The predicted molar refractivity (Wildman–Crippen MR) is 110 cm³/mol. The molecular weight excluding hydrogens is 424 g/mol. The molecule has 2 aliphatic rings. The van der Waals surface area contributed by atoms with E-state index in [1.807, 2.05) is 12.3 Å². The van der Waals surface area contributed by atoms with Gasteiger partial charge in [0.25, 0.3) is 6.20 Å². The Labute approximate surface area is 175 Å². The average Bonchev–Trinajstić information content (AvgIpc) is 3.11. The van der Waals surface area contributed by atoms with Gasteiger partial charge in [-0.05, 0) is 18.1 Å². The van der Waals surface area contributed by atoms with Gasteiger partial charge >= 0.3 is 0 Å². The highest BCUT2D eigenvalue weighted by Gasteiger charge is 2.19. The number of halogens is 1. The van der Waals surface area contributed by atoms with Crippen LogP contribution in [0, 0.1) is 21.6 Å². The van der Waals surface area contributed by atoms with Crippen molar-refractivity contribution in [2.45, 2.75) is 13.0 Å². The normalized spacial score (nSPS) is 19.1. The van der Waals surface area contributed by atoms with Gasteiger partial charge in [0.15, 0.2) is 5.17 Å². The Morgan fingerprint density at radius 3 is 2.86 bits per heavy atom.